The summed E-state index contributed by atoms with van der Waals surface area (Å²) in [6.07, 6.45) is 10.4. The molecule has 1 N–H and O–H groups in total. The zero-order valence-corrected chi connectivity index (χ0v) is 9.31. The van der Waals surface area contributed by atoms with E-state index in [2.05, 4.69) is 19.3 Å². The molecule has 78 valence electrons. The predicted molar refractivity (Wildman–Crippen MR) is 58.9 cm³/mol. The van der Waals surface area contributed by atoms with Crippen molar-refractivity contribution >= 4 is 0 Å². The van der Waals surface area contributed by atoms with E-state index in [0.717, 1.165) is 11.8 Å². The summed E-state index contributed by atoms with van der Waals surface area (Å²) in [5.41, 5.74) is 0. The average molecular weight is 183 g/mol. The maximum atomic E-state index is 3.27. The molecular formula is C12H25N. The van der Waals surface area contributed by atoms with Gasteiger partial charge >= 0.3 is 0 Å². The van der Waals surface area contributed by atoms with Crippen molar-refractivity contribution < 1.29 is 0 Å². The molecule has 0 aliphatic heterocycles. The summed E-state index contributed by atoms with van der Waals surface area (Å²) >= 11 is 0. The molecule has 1 unspecified atom stereocenters. The van der Waals surface area contributed by atoms with Crippen LogP contribution in [0.5, 0.6) is 0 Å². The molecule has 1 heteroatoms. The highest BCUT2D eigenvalue weighted by atomic mass is 14.8. The SMILES string of the molecule is CNCC(C)CC1CCCCCC1. The summed E-state index contributed by atoms with van der Waals surface area (Å²) in [7, 11) is 2.06. The Bertz CT molecular complexity index is 114. The molecule has 0 radical (unpaired) electrons. The Morgan fingerprint density at radius 2 is 1.77 bits per heavy atom. The lowest BCUT2D eigenvalue weighted by molar-refractivity contribution is 0.349. The molecule has 1 aliphatic carbocycles. The fourth-order valence-corrected chi connectivity index (χ4v) is 2.60. The highest BCUT2D eigenvalue weighted by molar-refractivity contribution is 4.68. The summed E-state index contributed by atoms with van der Waals surface area (Å²) < 4.78 is 0. The Balaban J connectivity index is 2.17. The van der Waals surface area contributed by atoms with Gasteiger partial charge in [-0.3, -0.25) is 0 Å². The van der Waals surface area contributed by atoms with E-state index in [9.17, 15) is 0 Å². The van der Waals surface area contributed by atoms with E-state index in [1.165, 1.54) is 51.5 Å². The molecule has 1 atom stereocenters. The smallest absolute Gasteiger partial charge is 0.00261 e. The third-order valence-electron chi connectivity index (χ3n) is 3.26. The lowest BCUT2D eigenvalue weighted by Gasteiger charge is -2.18. The van der Waals surface area contributed by atoms with Crippen LogP contribution in [-0.4, -0.2) is 13.6 Å². The van der Waals surface area contributed by atoms with Crippen molar-refractivity contribution in [3.8, 4) is 0 Å². The van der Waals surface area contributed by atoms with Crippen LogP contribution in [0.2, 0.25) is 0 Å². The van der Waals surface area contributed by atoms with Crippen LogP contribution >= 0.6 is 0 Å². The summed E-state index contributed by atoms with van der Waals surface area (Å²) in [5, 5.41) is 3.27. The Kier molecular flexibility index (Phi) is 5.45. The van der Waals surface area contributed by atoms with E-state index in [0.29, 0.717) is 0 Å². The second kappa shape index (κ2) is 6.42. The topological polar surface area (TPSA) is 12.0 Å². The van der Waals surface area contributed by atoms with Gasteiger partial charge in [0, 0.05) is 0 Å². The van der Waals surface area contributed by atoms with E-state index < -0.39 is 0 Å². The number of rotatable bonds is 4. The van der Waals surface area contributed by atoms with Crippen molar-refractivity contribution in [3.05, 3.63) is 0 Å². The second-order valence-corrected chi connectivity index (χ2v) is 4.76. The van der Waals surface area contributed by atoms with Gasteiger partial charge in [-0.05, 0) is 31.8 Å². The van der Waals surface area contributed by atoms with Crippen molar-refractivity contribution in [2.45, 2.75) is 51.9 Å². The van der Waals surface area contributed by atoms with Crippen LogP contribution in [0.1, 0.15) is 51.9 Å². The van der Waals surface area contributed by atoms with Crippen LogP contribution < -0.4 is 5.32 Å². The molecule has 0 aromatic carbocycles. The normalized spacial score (nSPS) is 22.6. The minimum atomic E-state index is 0.869. The first kappa shape index (κ1) is 11.0. The van der Waals surface area contributed by atoms with Crippen LogP contribution in [0.25, 0.3) is 0 Å². The molecule has 0 spiro atoms. The maximum absolute atomic E-state index is 3.27. The van der Waals surface area contributed by atoms with E-state index in [-0.39, 0.29) is 0 Å². The van der Waals surface area contributed by atoms with Gasteiger partial charge in [-0.15, -0.1) is 0 Å². The van der Waals surface area contributed by atoms with Gasteiger partial charge in [0.05, 0.1) is 0 Å². The van der Waals surface area contributed by atoms with Gasteiger partial charge in [0.25, 0.3) is 0 Å². The van der Waals surface area contributed by atoms with Crippen molar-refractivity contribution in [3.63, 3.8) is 0 Å². The third kappa shape index (κ3) is 4.66. The molecule has 1 saturated carbocycles. The fraction of sp³-hybridized carbons (Fsp3) is 1.00. The molecule has 0 aromatic heterocycles. The molecule has 13 heavy (non-hydrogen) atoms. The van der Waals surface area contributed by atoms with E-state index >= 15 is 0 Å². The van der Waals surface area contributed by atoms with E-state index in [1.54, 1.807) is 0 Å². The number of hydrogen-bond donors (Lipinski definition) is 1. The van der Waals surface area contributed by atoms with Gasteiger partial charge in [0.1, 0.15) is 0 Å². The first-order valence-electron chi connectivity index (χ1n) is 5.97. The van der Waals surface area contributed by atoms with Crippen LogP contribution in [-0.2, 0) is 0 Å². The standard InChI is InChI=1S/C12H25N/c1-11(10-13-2)9-12-7-5-3-4-6-8-12/h11-13H,3-10H2,1-2H3. The average Bonchev–Trinajstić information content (AvgIpc) is 2.33. The van der Waals surface area contributed by atoms with Crippen molar-refractivity contribution in [1.29, 1.82) is 0 Å². The quantitative estimate of drug-likeness (QED) is 0.660. The Hall–Kier alpha value is -0.0400. The Morgan fingerprint density at radius 1 is 1.15 bits per heavy atom. The number of nitrogens with one attached hydrogen (secondary N) is 1. The number of hydrogen-bond acceptors (Lipinski definition) is 1. The fourth-order valence-electron chi connectivity index (χ4n) is 2.60. The largest absolute Gasteiger partial charge is 0.319 e. The molecule has 0 heterocycles. The Morgan fingerprint density at radius 3 is 2.31 bits per heavy atom. The van der Waals surface area contributed by atoms with Crippen LogP contribution in [0.15, 0.2) is 0 Å². The van der Waals surface area contributed by atoms with Gasteiger partial charge < -0.3 is 5.32 Å². The third-order valence-corrected chi connectivity index (χ3v) is 3.26. The molecule has 1 nitrogen and oxygen atoms in total. The summed E-state index contributed by atoms with van der Waals surface area (Å²) in [4.78, 5) is 0. The molecular weight excluding hydrogens is 158 g/mol. The van der Waals surface area contributed by atoms with Crippen molar-refractivity contribution in [2.24, 2.45) is 11.8 Å². The molecule has 0 bridgehead atoms. The molecule has 0 aromatic rings. The zero-order valence-electron chi connectivity index (χ0n) is 9.31. The molecule has 0 amide bonds. The minimum Gasteiger partial charge on any atom is -0.319 e. The summed E-state index contributed by atoms with van der Waals surface area (Å²) in [6.45, 7) is 3.57. The highest BCUT2D eigenvalue weighted by Gasteiger charge is 2.14. The summed E-state index contributed by atoms with van der Waals surface area (Å²) in [6, 6.07) is 0. The van der Waals surface area contributed by atoms with Crippen molar-refractivity contribution in [1.82, 2.24) is 5.32 Å². The lowest BCUT2D eigenvalue weighted by atomic mass is 9.90. The van der Waals surface area contributed by atoms with E-state index in [1.807, 2.05) is 0 Å². The van der Waals surface area contributed by atoms with E-state index in [4.69, 9.17) is 0 Å². The second-order valence-electron chi connectivity index (χ2n) is 4.76. The van der Waals surface area contributed by atoms with Crippen LogP contribution in [0.4, 0.5) is 0 Å². The molecule has 0 saturated heterocycles. The van der Waals surface area contributed by atoms with Gasteiger partial charge in [-0.25, -0.2) is 0 Å². The first-order valence-corrected chi connectivity index (χ1v) is 5.97. The minimum absolute atomic E-state index is 0.869. The van der Waals surface area contributed by atoms with Gasteiger partial charge in [0.2, 0.25) is 0 Å². The molecule has 1 rings (SSSR count). The van der Waals surface area contributed by atoms with Crippen LogP contribution in [0, 0.1) is 11.8 Å². The van der Waals surface area contributed by atoms with Crippen molar-refractivity contribution in [2.75, 3.05) is 13.6 Å². The lowest BCUT2D eigenvalue weighted by Crippen LogP contribution is -2.18. The predicted octanol–water partition coefficient (Wildman–Crippen LogP) is 3.20. The van der Waals surface area contributed by atoms with Crippen LogP contribution in [0.3, 0.4) is 0 Å². The summed E-state index contributed by atoms with van der Waals surface area (Å²) in [5.74, 6) is 1.90. The monoisotopic (exact) mass is 183 g/mol. The zero-order chi connectivity index (χ0) is 9.52. The van der Waals surface area contributed by atoms with Gasteiger partial charge in [-0.1, -0.05) is 45.4 Å². The molecule has 1 fully saturated rings. The van der Waals surface area contributed by atoms with Gasteiger partial charge in [-0.2, -0.15) is 0 Å². The van der Waals surface area contributed by atoms with Gasteiger partial charge in [0.15, 0.2) is 0 Å². The first-order chi connectivity index (χ1) is 6.33. The Labute approximate surface area is 83.3 Å². The maximum Gasteiger partial charge on any atom is -0.00261 e. The molecule has 1 aliphatic rings. The highest BCUT2D eigenvalue weighted by Crippen LogP contribution is 2.27.